The fourth-order valence-corrected chi connectivity index (χ4v) is 7.96. The zero-order valence-corrected chi connectivity index (χ0v) is 34.1. The van der Waals surface area contributed by atoms with Crippen LogP contribution in [-0.4, -0.2) is 58.1 Å². The molecule has 0 atom stereocenters. The molecule has 2 aliphatic heterocycles. The molecule has 0 radical (unpaired) electrons. The van der Waals surface area contributed by atoms with Crippen molar-refractivity contribution in [2.75, 3.05) is 13.1 Å². The summed E-state index contributed by atoms with van der Waals surface area (Å²) in [7, 11) is 0. The van der Waals surface area contributed by atoms with Crippen molar-refractivity contribution in [1.29, 1.82) is 0 Å². The molecule has 6 rings (SSSR count). The molecule has 59 heavy (non-hydrogen) atoms. The van der Waals surface area contributed by atoms with Crippen molar-refractivity contribution < 1.29 is 33.5 Å². The Bertz CT molecular complexity index is 1870. The second-order valence-corrected chi connectivity index (χ2v) is 15.8. The molecule has 4 amide bonds. The summed E-state index contributed by atoms with van der Waals surface area (Å²) in [6.07, 6.45) is 17.1. The molecule has 0 N–H and O–H groups in total. The first kappa shape index (κ1) is 42.9. The lowest BCUT2D eigenvalue weighted by Crippen LogP contribution is -2.30. The number of Topliss-reactive ketones (excluding diaryl/α,β-unsaturated/α-hetero) is 2. The highest BCUT2D eigenvalue weighted by molar-refractivity contribution is 6.22. The molecule has 9 nitrogen and oxygen atoms in total. The van der Waals surface area contributed by atoms with Crippen LogP contribution in [0.3, 0.4) is 0 Å². The smallest absolute Gasteiger partial charge is 0.261 e. The minimum Gasteiger partial charge on any atom is -0.457 e. The van der Waals surface area contributed by atoms with Gasteiger partial charge < -0.3 is 4.74 Å². The topological polar surface area (TPSA) is 118 Å². The van der Waals surface area contributed by atoms with Crippen LogP contribution in [0.15, 0.2) is 97.1 Å². The molecule has 4 aromatic carbocycles. The van der Waals surface area contributed by atoms with Crippen molar-refractivity contribution in [2.24, 2.45) is 0 Å². The summed E-state index contributed by atoms with van der Waals surface area (Å²) in [5.41, 5.74) is 3.38. The second-order valence-electron chi connectivity index (χ2n) is 15.8. The highest BCUT2D eigenvalue weighted by Gasteiger charge is 2.35. The van der Waals surface area contributed by atoms with E-state index in [-0.39, 0.29) is 35.2 Å². The zero-order chi connectivity index (χ0) is 41.4. The van der Waals surface area contributed by atoms with Gasteiger partial charge in [-0.15, -0.1) is 0 Å². The number of ketones is 2. The number of hydrogen-bond donors (Lipinski definition) is 0. The first-order valence-corrected chi connectivity index (χ1v) is 21.7. The Hall–Kier alpha value is -5.70. The predicted octanol–water partition coefficient (Wildman–Crippen LogP) is 11.5. The van der Waals surface area contributed by atoms with Crippen LogP contribution in [0.4, 0.5) is 0 Å². The van der Waals surface area contributed by atoms with Crippen LogP contribution < -0.4 is 4.74 Å². The Morgan fingerprint density at radius 3 is 0.932 bits per heavy atom. The van der Waals surface area contributed by atoms with E-state index in [1.54, 1.807) is 97.1 Å². The lowest BCUT2D eigenvalue weighted by molar-refractivity contribution is 0.0636. The number of unbranched alkanes of at least 4 members (excludes halogenated alkanes) is 14. The molecule has 2 heterocycles. The van der Waals surface area contributed by atoms with E-state index in [1.165, 1.54) is 9.80 Å². The minimum absolute atomic E-state index is 0.127. The maximum absolute atomic E-state index is 12.8. The van der Waals surface area contributed by atoms with Gasteiger partial charge in [-0.2, -0.15) is 0 Å². The normalized spacial score (nSPS) is 13.3. The van der Waals surface area contributed by atoms with Crippen LogP contribution in [-0.2, 0) is 0 Å². The molecule has 0 bridgehead atoms. The minimum atomic E-state index is -0.181. The van der Waals surface area contributed by atoms with Gasteiger partial charge in [-0.25, -0.2) is 0 Å². The van der Waals surface area contributed by atoms with Crippen molar-refractivity contribution in [3.05, 3.63) is 130 Å². The van der Waals surface area contributed by atoms with Gasteiger partial charge >= 0.3 is 0 Å². The molecule has 0 aliphatic carbocycles. The third kappa shape index (κ3) is 11.7. The number of fused-ring (bicyclic) bond motifs is 2. The summed E-state index contributed by atoms with van der Waals surface area (Å²) >= 11 is 0. The molecular formula is C50H56N2O7. The van der Waals surface area contributed by atoms with Gasteiger partial charge in [-0.05, 0) is 98.5 Å². The molecule has 308 valence electrons. The van der Waals surface area contributed by atoms with Crippen LogP contribution in [0.5, 0.6) is 11.5 Å². The third-order valence-corrected chi connectivity index (χ3v) is 11.4. The highest BCUT2D eigenvalue weighted by Crippen LogP contribution is 2.26. The van der Waals surface area contributed by atoms with Crippen LogP contribution in [0.25, 0.3) is 0 Å². The fraction of sp³-hybridized carbons (Fsp3) is 0.400. The standard InChI is InChI=1S/C50H56N2O7/c53-45(25-13-9-5-1-3-7-11-19-35-51-47(55)41-21-15-16-22-42(41)48(51)56)37-27-31-39(32-28-37)59-40-33-29-38(30-34-40)46(54)26-14-10-6-2-4-8-12-20-36-52-49(57)43-23-17-18-24-44(43)50(52)58/h15-18,21-24,27-34H,1-14,19-20,25-26,35-36H2. The highest BCUT2D eigenvalue weighted by atomic mass is 16.5. The molecule has 2 aliphatic rings. The maximum atomic E-state index is 12.8. The van der Waals surface area contributed by atoms with Gasteiger partial charge in [0.15, 0.2) is 11.6 Å². The molecule has 0 aromatic heterocycles. The number of carbonyl (C=O) groups is 6. The average Bonchev–Trinajstić information content (AvgIpc) is 3.65. The lowest BCUT2D eigenvalue weighted by atomic mass is 10.0. The number of hydrogen-bond acceptors (Lipinski definition) is 7. The first-order valence-electron chi connectivity index (χ1n) is 21.7. The van der Waals surface area contributed by atoms with Crippen LogP contribution in [0.2, 0.25) is 0 Å². The Kier molecular flexibility index (Phi) is 15.9. The summed E-state index contributed by atoms with van der Waals surface area (Å²) < 4.78 is 5.98. The van der Waals surface area contributed by atoms with Gasteiger partial charge in [0, 0.05) is 37.1 Å². The molecule has 0 saturated heterocycles. The molecular weight excluding hydrogens is 741 g/mol. The summed E-state index contributed by atoms with van der Waals surface area (Å²) in [5.74, 6) is 0.793. The number of imide groups is 2. The summed E-state index contributed by atoms with van der Waals surface area (Å²) in [6, 6.07) is 28.5. The van der Waals surface area contributed by atoms with Gasteiger partial charge in [0.1, 0.15) is 11.5 Å². The molecule has 4 aromatic rings. The van der Waals surface area contributed by atoms with Crippen LogP contribution in [0.1, 0.15) is 178 Å². The van der Waals surface area contributed by atoms with E-state index in [0.717, 1.165) is 103 Å². The zero-order valence-electron chi connectivity index (χ0n) is 34.1. The average molecular weight is 797 g/mol. The number of ether oxygens (including phenoxy) is 1. The number of amides is 4. The number of carbonyl (C=O) groups excluding carboxylic acids is 6. The van der Waals surface area contributed by atoms with E-state index in [2.05, 4.69) is 0 Å². The SMILES string of the molecule is O=C(CCCCCCCCCCN1C(=O)c2ccccc2C1=O)c1ccc(Oc2ccc(C(=O)CCCCCCCCCCN3C(=O)c4ccccc4C3=O)cc2)cc1. The van der Waals surface area contributed by atoms with Crippen LogP contribution in [0, 0.1) is 0 Å². The Morgan fingerprint density at radius 1 is 0.356 bits per heavy atom. The summed E-state index contributed by atoms with van der Waals surface area (Å²) in [6.45, 7) is 0.942. The van der Waals surface area contributed by atoms with Crippen molar-refractivity contribution in [3.63, 3.8) is 0 Å². The van der Waals surface area contributed by atoms with Crippen molar-refractivity contribution in [3.8, 4) is 11.5 Å². The summed E-state index contributed by atoms with van der Waals surface area (Å²) in [5, 5.41) is 0. The van der Waals surface area contributed by atoms with Crippen molar-refractivity contribution in [2.45, 2.75) is 116 Å². The van der Waals surface area contributed by atoms with E-state index >= 15 is 0 Å². The Morgan fingerprint density at radius 2 is 0.627 bits per heavy atom. The van der Waals surface area contributed by atoms with Gasteiger partial charge in [-0.3, -0.25) is 38.6 Å². The molecule has 0 unspecified atom stereocenters. The quantitative estimate of drug-likeness (QED) is 0.0353. The van der Waals surface area contributed by atoms with Gasteiger partial charge in [0.25, 0.3) is 23.6 Å². The van der Waals surface area contributed by atoms with E-state index < -0.39 is 0 Å². The third-order valence-electron chi connectivity index (χ3n) is 11.4. The Labute approximate surface area is 348 Å². The monoisotopic (exact) mass is 796 g/mol. The molecule has 9 heteroatoms. The van der Waals surface area contributed by atoms with E-state index in [9.17, 15) is 28.8 Å². The predicted molar refractivity (Wildman–Crippen MR) is 228 cm³/mol. The van der Waals surface area contributed by atoms with E-state index in [1.807, 2.05) is 0 Å². The maximum Gasteiger partial charge on any atom is 0.261 e. The number of nitrogens with zero attached hydrogens (tertiary/aromatic N) is 2. The molecule has 0 fully saturated rings. The van der Waals surface area contributed by atoms with E-state index in [0.29, 0.717) is 70.8 Å². The van der Waals surface area contributed by atoms with Crippen molar-refractivity contribution in [1.82, 2.24) is 9.80 Å². The largest absolute Gasteiger partial charge is 0.457 e. The van der Waals surface area contributed by atoms with Gasteiger partial charge in [-0.1, -0.05) is 101 Å². The van der Waals surface area contributed by atoms with Crippen LogP contribution >= 0.6 is 0 Å². The molecule has 0 saturated carbocycles. The molecule has 0 spiro atoms. The van der Waals surface area contributed by atoms with Gasteiger partial charge in [0.2, 0.25) is 0 Å². The van der Waals surface area contributed by atoms with E-state index in [4.69, 9.17) is 4.74 Å². The lowest BCUT2D eigenvalue weighted by Gasteiger charge is -2.13. The number of rotatable bonds is 26. The number of benzene rings is 4. The summed E-state index contributed by atoms with van der Waals surface area (Å²) in [4.78, 5) is 78.2. The fourth-order valence-electron chi connectivity index (χ4n) is 7.96. The Balaban J connectivity index is 0.752. The van der Waals surface area contributed by atoms with Gasteiger partial charge in [0.05, 0.1) is 22.3 Å². The first-order chi connectivity index (χ1) is 28.8. The second kappa shape index (κ2) is 21.9. The van der Waals surface area contributed by atoms with Crippen molar-refractivity contribution >= 4 is 35.2 Å².